The van der Waals surface area contributed by atoms with Crippen LogP contribution in [0.1, 0.15) is 37.4 Å². The molecule has 0 aliphatic heterocycles. The van der Waals surface area contributed by atoms with Gasteiger partial charge in [-0.05, 0) is 38.7 Å². The van der Waals surface area contributed by atoms with Crippen LogP contribution >= 0.6 is 0 Å². The first-order chi connectivity index (χ1) is 12.7. The van der Waals surface area contributed by atoms with Gasteiger partial charge in [0, 0.05) is 23.9 Å². The average molecular weight is 352 g/mol. The Balaban J connectivity index is 1.45. The third kappa shape index (κ3) is 3.46. The largest absolute Gasteiger partial charge is 0.367 e. The molecule has 0 bridgehead atoms. The van der Waals surface area contributed by atoms with E-state index in [9.17, 15) is 4.79 Å². The molecule has 0 aromatic carbocycles. The minimum Gasteiger partial charge on any atom is -0.367 e. The second-order valence-electron chi connectivity index (χ2n) is 6.51. The van der Waals surface area contributed by atoms with Crippen molar-refractivity contribution in [1.82, 2.24) is 34.5 Å². The highest BCUT2D eigenvalue weighted by Gasteiger charge is 2.24. The van der Waals surface area contributed by atoms with Gasteiger partial charge in [-0.2, -0.15) is 5.10 Å². The molecule has 0 spiro atoms. The summed E-state index contributed by atoms with van der Waals surface area (Å²) < 4.78 is 3.14. The van der Waals surface area contributed by atoms with E-state index in [1.165, 1.54) is 12.4 Å². The van der Waals surface area contributed by atoms with Gasteiger partial charge >= 0.3 is 0 Å². The Morgan fingerprint density at radius 2 is 1.96 bits per heavy atom. The van der Waals surface area contributed by atoms with Crippen molar-refractivity contribution in [2.45, 2.75) is 44.7 Å². The molecule has 26 heavy (non-hydrogen) atoms. The molecular weight excluding hydrogens is 332 g/mol. The first kappa shape index (κ1) is 16.4. The van der Waals surface area contributed by atoms with Gasteiger partial charge in [0.25, 0.3) is 5.56 Å². The molecule has 0 amide bonds. The molecule has 1 aliphatic carbocycles. The minimum atomic E-state index is -0.0864. The molecule has 1 saturated carbocycles. The van der Waals surface area contributed by atoms with Crippen LogP contribution in [0.25, 0.3) is 5.82 Å². The minimum absolute atomic E-state index is 0.0864. The summed E-state index contributed by atoms with van der Waals surface area (Å²) in [6.45, 7) is 1.95. The van der Waals surface area contributed by atoms with Gasteiger partial charge in [0.05, 0.1) is 6.04 Å². The van der Waals surface area contributed by atoms with E-state index in [4.69, 9.17) is 0 Å². The zero-order valence-corrected chi connectivity index (χ0v) is 14.5. The molecule has 3 heterocycles. The summed E-state index contributed by atoms with van der Waals surface area (Å²) in [4.78, 5) is 24.6. The highest BCUT2D eigenvalue weighted by atomic mass is 16.1. The molecule has 0 saturated heterocycles. The summed E-state index contributed by atoms with van der Waals surface area (Å²) in [5.41, 5.74) is 0.855. The molecule has 4 rings (SSSR count). The Kier molecular flexibility index (Phi) is 4.42. The van der Waals surface area contributed by atoms with Crippen molar-refractivity contribution in [1.29, 1.82) is 0 Å². The van der Waals surface area contributed by atoms with Gasteiger partial charge in [0.15, 0.2) is 5.82 Å². The van der Waals surface area contributed by atoms with Gasteiger partial charge in [0.2, 0.25) is 0 Å². The predicted octanol–water partition coefficient (Wildman–Crippen LogP) is 1.52. The molecule has 134 valence electrons. The summed E-state index contributed by atoms with van der Waals surface area (Å²) in [6.07, 6.45) is 8.27. The highest BCUT2D eigenvalue weighted by Crippen LogP contribution is 2.28. The van der Waals surface area contributed by atoms with Crippen LogP contribution in [-0.2, 0) is 0 Å². The molecule has 1 aliphatic rings. The smallest absolute Gasteiger partial charge is 0.267 e. The van der Waals surface area contributed by atoms with Crippen LogP contribution in [0.4, 0.5) is 5.82 Å². The predicted molar refractivity (Wildman–Crippen MR) is 95.1 cm³/mol. The number of nitrogens with zero attached hydrogens (tertiary/aromatic N) is 7. The first-order valence-corrected chi connectivity index (χ1v) is 8.69. The van der Waals surface area contributed by atoms with Crippen LogP contribution in [0.15, 0.2) is 42.0 Å². The van der Waals surface area contributed by atoms with E-state index >= 15 is 0 Å². The lowest BCUT2D eigenvalue weighted by Crippen LogP contribution is -2.33. The van der Waals surface area contributed by atoms with E-state index in [1.807, 2.05) is 13.0 Å². The monoisotopic (exact) mass is 352 g/mol. The van der Waals surface area contributed by atoms with E-state index < -0.39 is 0 Å². The van der Waals surface area contributed by atoms with Gasteiger partial charge in [-0.3, -0.25) is 4.79 Å². The zero-order chi connectivity index (χ0) is 17.9. The van der Waals surface area contributed by atoms with E-state index in [1.54, 1.807) is 28.1 Å². The Labute approximate surface area is 150 Å². The molecule has 3 aromatic heterocycles. The third-order valence-corrected chi connectivity index (χ3v) is 4.66. The second-order valence-corrected chi connectivity index (χ2v) is 6.51. The Morgan fingerprint density at radius 3 is 2.69 bits per heavy atom. The van der Waals surface area contributed by atoms with Gasteiger partial charge in [-0.1, -0.05) is 0 Å². The molecule has 9 nitrogen and oxygen atoms in total. The number of aromatic nitrogens is 7. The van der Waals surface area contributed by atoms with Gasteiger partial charge in [-0.15, -0.1) is 5.10 Å². The summed E-state index contributed by atoms with van der Waals surface area (Å²) in [5.74, 6) is 1.45. The average Bonchev–Trinajstić information content (AvgIpc) is 3.18. The zero-order valence-electron chi connectivity index (χ0n) is 14.5. The quantitative estimate of drug-likeness (QED) is 0.759. The maximum atomic E-state index is 12.3. The number of aryl methyl sites for hydroxylation is 1. The lowest BCUT2D eigenvalue weighted by molar-refractivity contribution is 0.302. The molecule has 3 aromatic rings. The van der Waals surface area contributed by atoms with Crippen LogP contribution in [-0.4, -0.2) is 40.6 Å². The fraction of sp³-hybridized carbons (Fsp3) is 0.412. The lowest BCUT2D eigenvalue weighted by Gasteiger charge is -2.29. The van der Waals surface area contributed by atoms with Crippen molar-refractivity contribution in [3.05, 3.63) is 53.2 Å². The SMILES string of the molecule is Cc1cc(NC2CCC(n3nc(-n4cncn4)ccc3=O)CC2)ncn1. The Hall–Kier alpha value is -3.10. The summed E-state index contributed by atoms with van der Waals surface area (Å²) in [7, 11) is 0. The van der Waals surface area contributed by atoms with Crippen LogP contribution in [0.2, 0.25) is 0 Å². The molecule has 1 N–H and O–H groups in total. The van der Waals surface area contributed by atoms with E-state index in [0.717, 1.165) is 37.2 Å². The Morgan fingerprint density at radius 1 is 1.12 bits per heavy atom. The van der Waals surface area contributed by atoms with E-state index in [-0.39, 0.29) is 11.6 Å². The standard InChI is InChI=1S/C17H20N8O/c1-12-8-15(20-10-19-12)22-13-2-4-14(5-3-13)25-17(26)7-6-16(23-25)24-11-18-9-21-24/h6-11,13-14H,2-5H2,1H3,(H,19,20,22). The van der Waals surface area contributed by atoms with Crippen molar-refractivity contribution < 1.29 is 0 Å². The Bertz CT molecular complexity index is 928. The van der Waals surface area contributed by atoms with Crippen molar-refractivity contribution in [3.63, 3.8) is 0 Å². The van der Waals surface area contributed by atoms with Crippen LogP contribution in [0.3, 0.4) is 0 Å². The summed E-state index contributed by atoms with van der Waals surface area (Å²) in [5, 5.41) is 12.0. The van der Waals surface area contributed by atoms with Crippen molar-refractivity contribution in [2.75, 3.05) is 5.32 Å². The van der Waals surface area contributed by atoms with E-state index in [0.29, 0.717) is 11.9 Å². The first-order valence-electron chi connectivity index (χ1n) is 8.69. The van der Waals surface area contributed by atoms with Crippen molar-refractivity contribution in [2.24, 2.45) is 0 Å². The lowest BCUT2D eigenvalue weighted by atomic mass is 9.91. The number of hydrogen-bond donors (Lipinski definition) is 1. The number of anilines is 1. The number of hydrogen-bond acceptors (Lipinski definition) is 7. The van der Waals surface area contributed by atoms with Crippen LogP contribution < -0.4 is 10.9 Å². The van der Waals surface area contributed by atoms with E-state index in [2.05, 4.69) is 30.5 Å². The summed E-state index contributed by atoms with van der Waals surface area (Å²) in [6, 6.07) is 5.58. The molecule has 0 radical (unpaired) electrons. The number of rotatable bonds is 4. The van der Waals surface area contributed by atoms with Crippen LogP contribution in [0.5, 0.6) is 0 Å². The van der Waals surface area contributed by atoms with Crippen molar-refractivity contribution in [3.8, 4) is 5.82 Å². The van der Waals surface area contributed by atoms with Gasteiger partial charge < -0.3 is 5.32 Å². The molecule has 0 atom stereocenters. The molecular formula is C17H20N8O. The number of nitrogens with one attached hydrogen (secondary N) is 1. The maximum absolute atomic E-state index is 12.3. The second kappa shape index (κ2) is 7.03. The summed E-state index contributed by atoms with van der Waals surface area (Å²) >= 11 is 0. The molecule has 1 fully saturated rings. The normalized spacial score (nSPS) is 20.0. The topological polar surface area (TPSA) is 103 Å². The molecule has 9 heteroatoms. The van der Waals surface area contributed by atoms with Crippen LogP contribution in [0, 0.1) is 6.92 Å². The van der Waals surface area contributed by atoms with Crippen molar-refractivity contribution >= 4 is 5.82 Å². The fourth-order valence-electron chi connectivity index (χ4n) is 3.33. The third-order valence-electron chi connectivity index (χ3n) is 4.66. The molecule has 0 unspecified atom stereocenters. The van der Waals surface area contributed by atoms with Gasteiger partial charge in [-0.25, -0.2) is 24.3 Å². The van der Waals surface area contributed by atoms with Gasteiger partial charge in [0.1, 0.15) is 24.8 Å². The fourth-order valence-corrected chi connectivity index (χ4v) is 3.33. The maximum Gasteiger partial charge on any atom is 0.267 e. The highest BCUT2D eigenvalue weighted by molar-refractivity contribution is 5.35.